The lowest BCUT2D eigenvalue weighted by Gasteiger charge is -2.49. The average Bonchev–Trinajstić information content (AvgIpc) is 1.14. The van der Waals surface area contributed by atoms with Gasteiger partial charge in [0.05, 0.1) is 17.1 Å². The Labute approximate surface area is 583 Å². The van der Waals surface area contributed by atoms with Gasteiger partial charge in [-0.05, 0) is 157 Å². The Morgan fingerprint density at radius 2 is 0.830 bits per heavy atom. The minimum Gasteiger partial charge on any atom is -0.313 e. The first-order chi connectivity index (χ1) is 43.6. The number of anilines is 9. The SMILES string of the molecule is [B]c1c([B])c([B])c(-c2c(N3c4cc5c(cc4B4c6sc7ccc(C(C)(C)C)cc7c6N(c6ccc(C(C)(C)C)cc6)c6cc(N(c7c([B])c([B])c([B])c([B])c7[B])c7c([B])c([B])c([B])c([B])c7[B])cc3c64)C(C)(C)CCC5(C)C)ccc3c2C(C)(C)CCC3(C)C)c([B])c1[B]. The molecule has 8 aromatic carbocycles. The van der Waals surface area contributed by atoms with Gasteiger partial charge in [0.25, 0.3) is 6.71 Å². The molecule has 0 N–H and O–H groups in total. The predicted octanol–water partition coefficient (Wildman–Crippen LogP) is 1.32. The number of thiophene rings is 1. The standard InChI is InChI=1S/C74H63B16N3S/c1-69(2,3)32-15-18-34(19-16-32)91-43-28-35(92(66-60(86)56(82)54(80)57(83)61(66)87)67-62(88)58(84)55(81)59(85)63(67)89)29-44-64(43)90(68-65(91)36-27-33(70(4,5)6)17-22-45(36)94-68)40-30-38-39(73(11,12)24-23-72(38,9)10)31-42(40)93(44)41-21-20-37-48(74(13,14)26-25-71(37,7)8)46(41)47-49(75)51(77)53(79)52(78)50(47)76/h15-22,27-31H,23-26H2,1-14H3. The summed E-state index contributed by atoms with van der Waals surface area (Å²) in [5, 5.41) is 1.09. The second-order valence-corrected chi connectivity index (χ2v) is 32.6. The first-order valence-corrected chi connectivity index (χ1v) is 33.1. The summed E-state index contributed by atoms with van der Waals surface area (Å²) in [5.41, 5.74) is 15.4. The van der Waals surface area contributed by atoms with E-state index in [2.05, 4.69) is 186 Å². The van der Waals surface area contributed by atoms with Gasteiger partial charge < -0.3 is 14.7 Å². The molecule has 2 aliphatic carbocycles. The van der Waals surface area contributed by atoms with Crippen LogP contribution in [0.4, 0.5) is 51.2 Å². The Bertz CT molecular complexity index is 4640. The van der Waals surface area contributed by atoms with Crippen molar-refractivity contribution in [1.82, 2.24) is 0 Å². The van der Waals surface area contributed by atoms with Gasteiger partial charge in [-0.15, -0.1) is 60.5 Å². The lowest BCUT2D eigenvalue weighted by atomic mass is 9.35. The minimum atomic E-state index is -0.469. The first-order valence-electron chi connectivity index (χ1n) is 32.3. The molecule has 0 bridgehead atoms. The summed E-state index contributed by atoms with van der Waals surface area (Å²) in [6.07, 6.45) is 3.69. The van der Waals surface area contributed by atoms with Crippen LogP contribution in [0.1, 0.15) is 156 Å². The third-order valence-electron chi connectivity index (χ3n) is 21.7. The number of hydrogen-bond acceptors (Lipinski definition) is 4. The monoisotopic (exact) mass is 1200 g/mol. The first kappa shape index (κ1) is 66.8. The quantitative estimate of drug-likeness (QED) is 0.233. The van der Waals surface area contributed by atoms with Gasteiger partial charge in [0.1, 0.15) is 118 Å². The van der Waals surface area contributed by atoms with Crippen LogP contribution in [0, 0.1) is 0 Å². The Morgan fingerprint density at radius 1 is 0.404 bits per heavy atom. The maximum Gasteiger partial charge on any atom is 0.264 e. The van der Waals surface area contributed by atoms with Crippen LogP contribution < -0.4 is 112 Å². The van der Waals surface area contributed by atoms with Crippen LogP contribution in [0.15, 0.2) is 78.9 Å². The smallest absolute Gasteiger partial charge is 0.264 e. The number of benzene rings is 8. The second-order valence-electron chi connectivity index (χ2n) is 31.6. The Balaban J connectivity index is 1.31. The van der Waals surface area contributed by atoms with E-state index in [1.54, 1.807) is 4.90 Å². The van der Waals surface area contributed by atoms with E-state index in [4.69, 9.17) is 118 Å². The fraction of sp³-hybridized carbons (Fsp3) is 0.324. The Kier molecular flexibility index (Phi) is 15.7. The molecule has 428 valence electrons. The molecule has 0 atom stereocenters. The molecule has 9 aromatic rings. The van der Waals surface area contributed by atoms with Gasteiger partial charge in [-0.3, -0.25) is 0 Å². The molecule has 2 aliphatic heterocycles. The van der Waals surface area contributed by atoms with Crippen molar-refractivity contribution in [1.29, 1.82) is 0 Å². The predicted molar refractivity (Wildman–Crippen MR) is 425 cm³/mol. The molecular formula is C74H63B16N3S. The van der Waals surface area contributed by atoms with E-state index in [1.807, 2.05) is 11.3 Å². The summed E-state index contributed by atoms with van der Waals surface area (Å²) >= 11 is 1.82. The third-order valence-corrected chi connectivity index (χ3v) is 22.9. The molecule has 0 saturated carbocycles. The molecule has 94 heavy (non-hydrogen) atoms. The van der Waals surface area contributed by atoms with Crippen molar-refractivity contribution in [3.05, 3.63) is 112 Å². The second kappa shape index (κ2) is 22.1. The maximum absolute atomic E-state index is 7.49. The molecule has 0 unspecified atom stereocenters. The molecule has 30 radical (unpaired) electrons. The molecule has 0 saturated heterocycles. The summed E-state index contributed by atoms with van der Waals surface area (Å²) in [6.45, 7) is 31.7. The molecule has 20 heteroatoms. The van der Waals surface area contributed by atoms with E-state index in [0.29, 0.717) is 11.3 Å². The van der Waals surface area contributed by atoms with Crippen molar-refractivity contribution in [2.45, 2.75) is 155 Å². The van der Waals surface area contributed by atoms with Crippen molar-refractivity contribution >= 4 is 295 Å². The molecule has 3 heterocycles. The molecule has 0 amide bonds. The highest BCUT2D eigenvalue weighted by molar-refractivity contribution is 7.33. The van der Waals surface area contributed by atoms with Crippen molar-refractivity contribution in [3.63, 3.8) is 0 Å². The van der Waals surface area contributed by atoms with Crippen molar-refractivity contribution in [2.75, 3.05) is 14.7 Å². The number of nitrogens with zero attached hydrogens (tertiary/aromatic N) is 3. The van der Waals surface area contributed by atoms with Crippen LogP contribution in [-0.2, 0) is 32.5 Å². The molecule has 0 spiro atoms. The van der Waals surface area contributed by atoms with Crippen LogP contribution in [-0.4, -0.2) is 124 Å². The normalized spacial score (nSPS) is 16.5. The van der Waals surface area contributed by atoms with Crippen molar-refractivity contribution < 1.29 is 0 Å². The van der Waals surface area contributed by atoms with E-state index in [9.17, 15) is 0 Å². The highest BCUT2D eigenvalue weighted by atomic mass is 32.1. The Hall–Kier alpha value is -5.84. The highest BCUT2D eigenvalue weighted by Crippen LogP contribution is 2.57. The summed E-state index contributed by atoms with van der Waals surface area (Å²) in [7, 11) is 106. The molecular weight excluding hydrogens is 1140 g/mol. The van der Waals surface area contributed by atoms with Crippen molar-refractivity contribution in [3.8, 4) is 11.1 Å². The zero-order valence-electron chi connectivity index (χ0n) is 56.8. The van der Waals surface area contributed by atoms with Crippen molar-refractivity contribution in [2.24, 2.45) is 0 Å². The lowest BCUT2D eigenvalue weighted by molar-refractivity contribution is 0.332. The summed E-state index contributed by atoms with van der Waals surface area (Å²) < 4.78 is 2.29. The van der Waals surface area contributed by atoms with Gasteiger partial charge in [-0.2, -0.15) is 0 Å². The van der Waals surface area contributed by atoms with Crippen LogP contribution in [0.2, 0.25) is 0 Å². The highest BCUT2D eigenvalue weighted by Gasteiger charge is 2.50. The minimum absolute atomic E-state index is 0.00136. The van der Waals surface area contributed by atoms with Gasteiger partial charge in [-0.25, -0.2) is 0 Å². The zero-order valence-corrected chi connectivity index (χ0v) is 57.6. The zero-order chi connectivity index (χ0) is 68.4. The molecule has 0 fully saturated rings. The van der Waals surface area contributed by atoms with Crippen LogP contribution >= 0.6 is 11.3 Å². The summed E-state index contributed by atoms with van der Waals surface area (Å²) in [4.78, 5) is 6.56. The van der Waals surface area contributed by atoms with Crippen LogP contribution in [0.3, 0.4) is 0 Å². The van der Waals surface area contributed by atoms with E-state index in [0.717, 1.165) is 108 Å². The van der Waals surface area contributed by atoms with Gasteiger partial charge in [0, 0.05) is 54.6 Å². The van der Waals surface area contributed by atoms with E-state index < -0.39 is 12.1 Å². The number of fused-ring (bicyclic) bond motifs is 8. The fourth-order valence-electron chi connectivity index (χ4n) is 15.6. The van der Waals surface area contributed by atoms with E-state index in [-0.39, 0.29) is 120 Å². The fourth-order valence-corrected chi connectivity index (χ4v) is 16.9. The maximum atomic E-state index is 7.49. The van der Waals surface area contributed by atoms with Crippen LogP contribution in [0.5, 0.6) is 0 Å². The molecule has 1 aromatic heterocycles. The van der Waals surface area contributed by atoms with Crippen LogP contribution in [0.25, 0.3) is 21.2 Å². The molecule has 4 aliphatic rings. The van der Waals surface area contributed by atoms with E-state index >= 15 is 0 Å². The largest absolute Gasteiger partial charge is 0.313 e. The third kappa shape index (κ3) is 9.83. The average molecular weight is 1200 g/mol. The summed E-state index contributed by atoms with van der Waals surface area (Å²) in [5.74, 6) is 0. The Morgan fingerprint density at radius 3 is 1.32 bits per heavy atom. The molecule has 13 rings (SSSR count). The number of hydrogen-bond donors (Lipinski definition) is 0. The molecule has 3 nitrogen and oxygen atoms in total. The van der Waals surface area contributed by atoms with Gasteiger partial charge in [-0.1, -0.05) is 160 Å². The van der Waals surface area contributed by atoms with Gasteiger partial charge >= 0.3 is 0 Å². The van der Waals surface area contributed by atoms with Gasteiger partial charge in [0.15, 0.2) is 0 Å². The topological polar surface area (TPSA) is 9.72 Å². The summed E-state index contributed by atoms with van der Waals surface area (Å²) in [6, 6.07) is 29.6. The van der Waals surface area contributed by atoms with E-state index in [1.165, 1.54) is 16.7 Å². The lowest BCUT2D eigenvalue weighted by Crippen LogP contribution is -2.61. The van der Waals surface area contributed by atoms with Gasteiger partial charge in [0.2, 0.25) is 0 Å². The number of rotatable bonds is 6.